The van der Waals surface area contributed by atoms with Gasteiger partial charge in [-0.2, -0.15) is 0 Å². The molecule has 0 aliphatic carbocycles. The second kappa shape index (κ2) is 12.1. The molecule has 0 heterocycles. The molecule has 0 spiro atoms. The van der Waals surface area contributed by atoms with E-state index in [1.54, 1.807) is 21.1 Å². The van der Waals surface area contributed by atoms with Gasteiger partial charge in [0, 0.05) is 27.0 Å². The van der Waals surface area contributed by atoms with Gasteiger partial charge in [0.25, 0.3) is 0 Å². The minimum Gasteiger partial charge on any atom is -0.381 e. The standard InChI is InChI=1S/C23H34N2O3/c1-16(12-13-21(25-19(4)26)18(3)23(27)24-5)14-17(2)22(28-6)15-20-10-8-7-9-11-20/h7-14,17-18,21-22H,15H2,1-6H3,(H,24,27)(H,25,26)/b13-12+,16-14+/t17-,18-,21-,22-/m0/s1. The van der Waals surface area contributed by atoms with Crippen LogP contribution in [0.25, 0.3) is 0 Å². The van der Waals surface area contributed by atoms with Crippen molar-refractivity contribution in [2.75, 3.05) is 14.2 Å². The Labute approximate surface area is 169 Å². The molecule has 28 heavy (non-hydrogen) atoms. The van der Waals surface area contributed by atoms with E-state index in [0.717, 1.165) is 12.0 Å². The fourth-order valence-corrected chi connectivity index (χ4v) is 3.13. The summed E-state index contributed by atoms with van der Waals surface area (Å²) in [5.41, 5.74) is 2.30. The first-order valence-electron chi connectivity index (χ1n) is 9.70. The lowest BCUT2D eigenvalue weighted by atomic mass is 9.94. The van der Waals surface area contributed by atoms with E-state index in [1.807, 2.05) is 37.3 Å². The van der Waals surface area contributed by atoms with E-state index >= 15 is 0 Å². The van der Waals surface area contributed by atoms with Gasteiger partial charge in [-0.1, -0.05) is 68.0 Å². The summed E-state index contributed by atoms with van der Waals surface area (Å²) < 4.78 is 5.70. The first-order valence-corrected chi connectivity index (χ1v) is 9.70. The third-order valence-corrected chi connectivity index (χ3v) is 4.83. The van der Waals surface area contributed by atoms with Crippen LogP contribution in [0.1, 0.15) is 33.3 Å². The number of carbonyl (C=O) groups excluding carboxylic acids is 2. The number of nitrogens with one attached hydrogen (secondary N) is 2. The van der Waals surface area contributed by atoms with E-state index in [1.165, 1.54) is 12.5 Å². The predicted octanol–water partition coefficient (Wildman–Crippen LogP) is 3.27. The molecule has 0 unspecified atom stereocenters. The minimum atomic E-state index is -0.362. The van der Waals surface area contributed by atoms with Crippen molar-refractivity contribution in [1.29, 1.82) is 0 Å². The average Bonchev–Trinajstić information content (AvgIpc) is 2.68. The lowest BCUT2D eigenvalue weighted by Crippen LogP contribution is -2.43. The van der Waals surface area contributed by atoms with Crippen LogP contribution < -0.4 is 10.6 Å². The van der Waals surface area contributed by atoms with Crippen LogP contribution in [0, 0.1) is 11.8 Å². The van der Waals surface area contributed by atoms with Crippen LogP contribution >= 0.6 is 0 Å². The highest BCUT2D eigenvalue weighted by atomic mass is 16.5. The van der Waals surface area contributed by atoms with Gasteiger partial charge in [0.15, 0.2) is 0 Å². The van der Waals surface area contributed by atoms with Crippen LogP contribution in [0.3, 0.4) is 0 Å². The quantitative estimate of drug-likeness (QED) is 0.607. The molecule has 0 radical (unpaired) electrons. The van der Waals surface area contributed by atoms with Crippen molar-refractivity contribution >= 4 is 11.8 Å². The first kappa shape index (κ1) is 23.6. The summed E-state index contributed by atoms with van der Waals surface area (Å²) in [5, 5.41) is 5.46. The molecule has 0 saturated heterocycles. The first-order chi connectivity index (χ1) is 13.3. The molecule has 0 bridgehead atoms. The lowest BCUT2D eigenvalue weighted by molar-refractivity contribution is -0.125. The number of hydrogen-bond acceptors (Lipinski definition) is 3. The largest absolute Gasteiger partial charge is 0.381 e. The van der Waals surface area contributed by atoms with Gasteiger partial charge in [-0.15, -0.1) is 0 Å². The van der Waals surface area contributed by atoms with Crippen molar-refractivity contribution in [2.45, 2.75) is 46.3 Å². The summed E-state index contributed by atoms with van der Waals surface area (Å²) in [6.07, 6.45) is 6.89. The van der Waals surface area contributed by atoms with Crippen LogP contribution in [-0.4, -0.2) is 38.1 Å². The van der Waals surface area contributed by atoms with Crippen LogP contribution in [0.2, 0.25) is 0 Å². The Morgan fingerprint density at radius 1 is 1.14 bits per heavy atom. The minimum absolute atomic E-state index is 0.0710. The number of methoxy groups -OCH3 is 1. The molecule has 0 aliphatic rings. The predicted molar refractivity (Wildman–Crippen MR) is 114 cm³/mol. The van der Waals surface area contributed by atoms with Crippen molar-refractivity contribution in [1.82, 2.24) is 10.6 Å². The molecule has 0 fully saturated rings. The fourth-order valence-electron chi connectivity index (χ4n) is 3.13. The number of allylic oxidation sites excluding steroid dienone is 2. The maximum Gasteiger partial charge on any atom is 0.224 e. The molecule has 5 nitrogen and oxygen atoms in total. The molecule has 1 aromatic carbocycles. The molecule has 5 heteroatoms. The van der Waals surface area contributed by atoms with Gasteiger partial charge < -0.3 is 15.4 Å². The normalized spacial score (nSPS) is 16.3. The molecule has 4 atom stereocenters. The van der Waals surface area contributed by atoms with Crippen LogP contribution in [0.5, 0.6) is 0 Å². The number of hydrogen-bond donors (Lipinski definition) is 2. The Bertz CT molecular complexity index is 682. The number of ether oxygens (including phenoxy) is 1. The van der Waals surface area contributed by atoms with Crippen molar-refractivity contribution in [3.63, 3.8) is 0 Å². The van der Waals surface area contributed by atoms with Crippen LogP contribution in [0.15, 0.2) is 54.1 Å². The van der Waals surface area contributed by atoms with Gasteiger partial charge in [-0.25, -0.2) is 0 Å². The molecule has 2 N–H and O–H groups in total. The van der Waals surface area contributed by atoms with Gasteiger partial charge in [0.05, 0.1) is 18.1 Å². The molecule has 154 valence electrons. The molecular formula is C23H34N2O3. The molecule has 2 amide bonds. The monoisotopic (exact) mass is 386 g/mol. The maximum absolute atomic E-state index is 11.9. The Hall–Kier alpha value is -2.40. The molecule has 0 saturated carbocycles. The maximum atomic E-state index is 11.9. The highest BCUT2D eigenvalue weighted by Crippen LogP contribution is 2.17. The number of amides is 2. The summed E-state index contributed by atoms with van der Waals surface area (Å²) in [7, 11) is 3.33. The van der Waals surface area contributed by atoms with Crippen molar-refractivity contribution < 1.29 is 14.3 Å². The zero-order valence-electron chi connectivity index (χ0n) is 17.9. The van der Waals surface area contributed by atoms with Gasteiger partial charge in [0.2, 0.25) is 11.8 Å². The third-order valence-electron chi connectivity index (χ3n) is 4.83. The van der Waals surface area contributed by atoms with Gasteiger partial charge in [-0.05, 0) is 18.9 Å². The number of rotatable bonds is 10. The van der Waals surface area contributed by atoms with E-state index in [2.05, 4.69) is 35.8 Å². The summed E-state index contributed by atoms with van der Waals surface area (Å²) in [5.74, 6) is -0.422. The van der Waals surface area contributed by atoms with Crippen LogP contribution in [0.4, 0.5) is 0 Å². The van der Waals surface area contributed by atoms with Crippen molar-refractivity contribution in [3.8, 4) is 0 Å². The molecule has 1 rings (SSSR count). The van der Waals surface area contributed by atoms with E-state index in [4.69, 9.17) is 4.74 Å². The van der Waals surface area contributed by atoms with Gasteiger partial charge in [-0.3, -0.25) is 9.59 Å². The van der Waals surface area contributed by atoms with E-state index < -0.39 is 0 Å². The summed E-state index contributed by atoms with van der Waals surface area (Å²) >= 11 is 0. The fraction of sp³-hybridized carbons (Fsp3) is 0.478. The highest BCUT2D eigenvalue weighted by molar-refractivity contribution is 5.80. The molecule has 1 aromatic rings. The second-order valence-corrected chi connectivity index (χ2v) is 7.22. The SMILES string of the molecule is CNC(=O)[C@@H](C)[C@H](/C=C/C(C)=C/[C@H](C)[C@H](Cc1ccccc1)OC)NC(C)=O. The van der Waals surface area contributed by atoms with E-state index in [9.17, 15) is 9.59 Å². The molecular weight excluding hydrogens is 352 g/mol. The summed E-state index contributed by atoms with van der Waals surface area (Å²) in [6.45, 7) is 7.39. The molecule has 0 aliphatic heterocycles. The highest BCUT2D eigenvalue weighted by Gasteiger charge is 2.21. The van der Waals surface area contributed by atoms with Crippen molar-refractivity contribution in [3.05, 3.63) is 59.7 Å². The lowest BCUT2D eigenvalue weighted by Gasteiger charge is -2.21. The van der Waals surface area contributed by atoms with Gasteiger partial charge in [0.1, 0.15) is 0 Å². The summed E-state index contributed by atoms with van der Waals surface area (Å²) in [4.78, 5) is 23.4. The average molecular weight is 387 g/mol. The van der Waals surface area contributed by atoms with E-state index in [0.29, 0.717) is 0 Å². The molecule has 0 aromatic heterocycles. The topological polar surface area (TPSA) is 67.4 Å². The zero-order chi connectivity index (χ0) is 21.1. The Morgan fingerprint density at radius 3 is 2.32 bits per heavy atom. The zero-order valence-corrected chi connectivity index (χ0v) is 17.9. The van der Waals surface area contributed by atoms with Gasteiger partial charge >= 0.3 is 0 Å². The Kier molecular flexibility index (Phi) is 10.2. The summed E-state index contributed by atoms with van der Waals surface area (Å²) in [6, 6.07) is 9.92. The number of benzene rings is 1. The smallest absolute Gasteiger partial charge is 0.224 e. The van der Waals surface area contributed by atoms with Crippen LogP contribution in [-0.2, 0) is 20.7 Å². The Morgan fingerprint density at radius 2 is 1.79 bits per heavy atom. The number of carbonyl (C=O) groups is 2. The van der Waals surface area contributed by atoms with E-state index in [-0.39, 0.29) is 35.8 Å². The van der Waals surface area contributed by atoms with Crippen molar-refractivity contribution in [2.24, 2.45) is 11.8 Å². The second-order valence-electron chi connectivity index (χ2n) is 7.22. The Balaban J connectivity index is 2.84. The third kappa shape index (κ3) is 8.09.